The Bertz CT molecular complexity index is 536. The van der Waals surface area contributed by atoms with Gasteiger partial charge in [0.15, 0.2) is 5.82 Å². The number of thiazole rings is 1. The van der Waals surface area contributed by atoms with E-state index in [-0.39, 0.29) is 0 Å². The molecule has 2 heterocycles. The summed E-state index contributed by atoms with van der Waals surface area (Å²) in [6.07, 6.45) is 4.62. The molecule has 94 valence electrons. The zero-order chi connectivity index (χ0) is 12.4. The maximum atomic E-state index is 4.69. The summed E-state index contributed by atoms with van der Waals surface area (Å²) in [5.74, 6) is 1.76. The third-order valence-electron chi connectivity index (χ3n) is 3.19. The monoisotopic (exact) mass is 260 g/mol. The highest BCUT2D eigenvalue weighted by Crippen LogP contribution is 2.28. The van der Waals surface area contributed by atoms with E-state index in [4.69, 9.17) is 4.98 Å². The minimum absolute atomic E-state index is 0.757. The summed E-state index contributed by atoms with van der Waals surface area (Å²) in [6, 6.07) is 0. The van der Waals surface area contributed by atoms with E-state index in [1.165, 1.54) is 24.1 Å². The molecular weight excluding hydrogens is 244 g/mol. The molecule has 0 saturated carbocycles. The SMILES string of the molecule is CCNc1nc(-c2cscn2)nc2c1CCCC2. The average Bonchev–Trinajstić information content (AvgIpc) is 2.93. The molecule has 2 aromatic heterocycles. The fourth-order valence-electron chi connectivity index (χ4n) is 2.35. The van der Waals surface area contributed by atoms with E-state index in [0.717, 1.165) is 36.7 Å². The molecule has 5 heteroatoms. The van der Waals surface area contributed by atoms with Crippen molar-refractivity contribution >= 4 is 17.2 Å². The molecule has 1 aliphatic carbocycles. The zero-order valence-electron chi connectivity index (χ0n) is 10.4. The summed E-state index contributed by atoms with van der Waals surface area (Å²) in [5.41, 5.74) is 5.22. The molecular formula is C13H16N4S. The van der Waals surface area contributed by atoms with E-state index in [9.17, 15) is 0 Å². The minimum Gasteiger partial charge on any atom is -0.370 e. The van der Waals surface area contributed by atoms with Gasteiger partial charge in [-0.25, -0.2) is 15.0 Å². The number of nitrogens with one attached hydrogen (secondary N) is 1. The highest BCUT2D eigenvalue weighted by Gasteiger charge is 2.18. The standard InChI is InChI=1S/C13H16N4S/c1-2-14-12-9-5-3-4-6-10(9)16-13(17-12)11-7-18-8-15-11/h7-8H,2-6H2,1H3,(H,14,16,17). The van der Waals surface area contributed by atoms with Gasteiger partial charge in [-0.1, -0.05) is 0 Å². The van der Waals surface area contributed by atoms with Crippen molar-refractivity contribution in [1.29, 1.82) is 0 Å². The lowest BCUT2D eigenvalue weighted by Crippen LogP contribution is -2.13. The number of hydrogen-bond acceptors (Lipinski definition) is 5. The lowest BCUT2D eigenvalue weighted by Gasteiger charge is -2.19. The van der Waals surface area contributed by atoms with Gasteiger partial charge in [-0.05, 0) is 32.6 Å². The summed E-state index contributed by atoms with van der Waals surface area (Å²) in [4.78, 5) is 13.6. The number of hydrogen-bond donors (Lipinski definition) is 1. The molecule has 2 aromatic rings. The Morgan fingerprint density at radius 1 is 1.28 bits per heavy atom. The Morgan fingerprint density at radius 3 is 2.94 bits per heavy atom. The van der Waals surface area contributed by atoms with E-state index in [0.29, 0.717) is 0 Å². The fraction of sp³-hybridized carbons (Fsp3) is 0.462. The molecule has 3 rings (SSSR count). The van der Waals surface area contributed by atoms with E-state index in [1.54, 1.807) is 11.3 Å². The summed E-state index contributed by atoms with van der Waals surface area (Å²) in [5, 5.41) is 5.36. The van der Waals surface area contributed by atoms with Crippen LogP contribution in [0.15, 0.2) is 10.9 Å². The Morgan fingerprint density at radius 2 is 2.17 bits per heavy atom. The largest absolute Gasteiger partial charge is 0.370 e. The molecule has 0 saturated heterocycles. The second-order valence-corrected chi connectivity index (χ2v) is 5.15. The Labute approximate surface area is 111 Å². The molecule has 1 N–H and O–H groups in total. The van der Waals surface area contributed by atoms with Crippen LogP contribution in [0.5, 0.6) is 0 Å². The molecule has 0 aromatic carbocycles. The quantitative estimate of drug-likeness (QED) is 0.922. The van der Waals surface area contributed by atoms with Crippen molar-refractivity contribution in [2.75, 3.05) is 11.9 Å². The molecule has 0 amide bonds. The van der Waals surface area contributed by atoms with Gasteiger partial charge in [0.2, 0.25) is 0 Å². The van der Waals surface area contributed by atoms with Crippen LogP contribution in [0.1, 0.15) is 31.0 Å². The first-order chi connectivity index (χ1) is 8.88. The number of anilines is 1. The number of fused-ring (bicyclic) bond motifs is 1. The summed E-state index contributed by atoms with van der Waals surface area (Å²) < 4.78 is 0. The van der Waals surface area contributed by atoms with Crippen molar-refractivity contribution < 1.29 is 0 Å². The van der Waals surface area contributed by atoms with Gasteiger partial charge in [0.1, 0.15) is 11.5 Å². The van der Waals surface area contributed by atoms with Gasteiger partial charge >= 0.3 is 0 Å². The Balaban J connectivity index is 2.09. The number of aromatic nitrogens is 3. The third kappa shape index (κ3) is 2.10. The van der Waals surface area contributed by atoms with Crippen LogP contribution >= 0.6 is 11.3 Å². The molecule has 1 aliphatic rings. The predicted molar refractivity (Wildman–Crippen MR) is 73.9 cm³/mol. The van der Waals surface area contributed by atoms with E-state index in [2.05, 4.69) is 22.2 Å². The van der Waals surface area contributed by atoms with Gasteiger partial charge < -0.3 is 5.32 Å². The zero-order valence-corrected chi connectivity index (χ0v) is 11.3. The van der Waals surface area contributed by atoms with Crippen molar-refractivity contribution in [3.63, 3.8) is 0 Å². The molecule has 0 unspecified atom stereocenters. The lowest BCUT2D eigenvalue weighted by molar-refractivity contribution is 0.664. The van der Waals surface area contributed by atoms with Crippen molar-refractivity contribution in [1.82, 2.24) is 15.0 Å². The average molecular weight is 260 g/mol. The van der Waals surface area contributed by atoms with Crippen molar-refractivity contribution in [3.05, 3.63) is 22.1 Å². The molecule has 0 atom stereocenters. The molecule has 0 fully saturated rings. The lowest BCUT2D eigenvalue weighted by atomic mass is 9.96. The van der Waals surface area contributed by atoms with Gasteiger partial charge in [0.25, 0.3) is 0 Å². The first-order valence-electron chi connectivity index (χ1n) is 6.40. The minimum atomic E-state index is 0.757. The molecule has 4 nitrogen and oxygen atoms in total. The third-order valence-corrected chi connectivity index (χ3v) is 3.78. The van der Waals surface area contributed by atoms with Crippen LogP contribution < -0.4 is 5.32 Å². The number of aryl methyl sites for hydroxylation is 1. The van der Waals surface area contributed by atoms with Crippen molar-refractivity contribution in [2.45, 2.75) is 32.6 Å². The second kappa shape index (κ2) is 5.02. The normalized spacial score (nSPS) is 14.3. The van der Waals surface area contributed by atoms with E-state index in [1.807, 2.05) is 10.9 Å². The molecule has 0 radical (unpaired) electrons. The molecule has 0 spiro atoms. The first-order valence-corrected chi connectivity index (χ1v) is 7.35. The summed E-state index contributed by atoms with van der Waals surface area (Å²) in [6.45, 7) is 2.99. The highest BCUT2D eigenvalue weighted by atomic mass is 32.1. The van der Waals surface area contributed by atoms with Gasteiger partial charge in [-0.2, -0.15) is 0 Å². The van der Waals surface area contributed by atoms with Crippen LogP contribution in [0.4, 0.5) is 5.82 Å². The summed E-state index contributed by atoms with van der Waals surface area (Å²) in [7, 11) is 0. The number of rotatable bonds is 3. The van der Waals surface area contributed by atoms with Crippen LogP contribution in [0, 0.1) is 0 Å². The van der Waals surface area contributed by atoms with Gasteiger partial charge in [0, 0.05) is 23.2 Å². The molecule has 0 bridgehead atoms. The predicted octanol–water partition coefficient (Wildman–Crippen LogP) is 2.91. The van der Waals surface area contributed by atoms with E-state index < -0.39 is 0 Å². The van der Waals surface area contributed by atoms with E-state index >= 15 is 0 Å². The van der Waals surface area contributed by atoms with Gasteiger partial charge in [0.05, 0.1) is 5.51 Å². The van der Waals surface area contributed by atoms with Gasteiger partial charge in [-0.15, -0.1) is 11.3 Å². The second-order valence-electron chi connectivity index (χ2n) is 4.43. The fourth-order valence-corrected chi connectivity index (χ4v) is 2.88. The van der Waals surface area contributed by atoms with Crippen LogP contribution in [0.2, 0.25) is 0 Å². The van der Waals surface area contributed by atoms with Crippen molar-refractivity contribution in [2.24, 2.45) is 0 Å². The molecule has 0 aliphatic heterocycles. The Hall–Kier alpha value is -1.49. The molecule has 18 heavy (non-hydrogen) atoms. The Kier molecular flexibility index (Phi) is 3.23. The first kappa shape index (κ1) is 11.6. The highest BCUT2D eigenvalue weighted by molar-refractivity contribution is 7.07. The van der Waals surface area contributed by atoms with Gasteiger partial charge in [-0.3, -0.25) is 0 Å². The maximum Gasteiger partial charge on any atom is 0.181 e. The van der Waals surface area contributed by atoms with Crippen molar-refractivity contribution in [3.8, 4) is 11.5 Å². The van der Waals surface area contributed by atoms with Crippen LogP contribution in [0.25, 0.3) is 11.5 Å². The van der Waals surface area contributed by atoms with Crippen LogP contribution in [-0.2, 0) is 12.8 Å². The number of nitrogens with zero attached hydrogens (tertiary/aromatic N) is 3. The van der Waals surface area contributed by atoms with Crippen LogP contribution in [-0.4, -0.2) is 21.5 Å². The summed E-state index contributed by atoms with van der Waals surface area (Å²) >= 11 is 1.58. The maximum absolute atomic E-state index is 4.69. The topological polar surface area (TPSA) is 50.7 Å². The smallest absolute Gasteiger partial charge is 0.181 e. The van der Waals surface area contributed by atoms with Crippen LogP contribution in [0.3, 0.4) is 0 Å².